The molecule has 1 amide bonds. The fourth-order valence-electron chi connectivity index (χ4n) is 3.37. The Kier molecular flexibility index (Phi) is 4.89. The minimum absolute atomic E-state index is 0.0132. The average molecular weight is 370 g/mol. The molecule has 4 aromatic rings. The summed E-state index contributed by atoms with van der Waals surface area (Å²) in [6.07, 6.45) is 2.84. The van der Waals surface area contributed by atoms with Gasteiger partial charge in [-0.3, -0.25) is 9.78 Å². The summed E-state index contributed by atoms with van der Waals surface area (Å²) >= 11 is 0. The number of anilines is 1. The van der Waals surface area contributed by atoms with E-state index in [0.717, 1.165) is 39.2 Å². The molecule has 140 valence electrons. The van der Waals surface area contributed by atoms with Crippen molar-refractivity contribution >= 4 is 22.5 Å². The van der Waals surface area contributed by atoms with E-state index in [-0.39, 0.29) is 5.91 Å². The van der Waals surface area contributed by atoms with Gasteiger partial charge in [-0.05, 0) is 56.2 Å². The third kappa shape index (κ3) is 3.78. The van der Waals surface area contributed by atoms with Crippen LogP contribution in [0.1, 0.15) is 23.4 Å². The number of para-hydroxylation sites is 1. The first-order chi connectivity index (χ1) is 13.6. The highest BCUT2D eigenvalue weighted by molar-refractivity contribution is 6.00. The lowest BCUT2D eigenvalue weighted by atomic mass is 10.1. The van der Waals surface area contributed by atoms with E-state index < -0.39 is 0 Å². The van der Waals surface area contributed by atoms with Gasteiger partial charge >= 0.3 is 0 Å². The van der Waals surface area contributed by atoms with Crippen LogP contribution in [0.3, 0.4) is 0 Å². The predicted molar refractivity (Wildman–Crippen MR) is 112 cm³/mol. The van der Waals surface area contributed by atoms with Crippen LogP contribution < -0.4 is 5.32 Å². The van der Waals surface area contributed by atoms with Crippen molar-refractivity contribution in [1.29, 1.82) is 0 Å². The summed E-state index contributed by atoms with van der Waals surface area (Å²) in [5, 5.41) is 8.50. The zero-order chi connectivity index (χ0) is 19.5. The molecular formula is C23H22N4O. The van der Waals surface area contributed by atoms with Crippen molar-refractivity contribution in [3.8, 4) is 5.69 Å². The Hall–Kier alpha value is -3.47. The Morgan fingerprint density at radius 2 is 1.82 bits per heavy atom. The number of amides is 1. The van der Waals surface area contributed by atoms with Gasteiger partial charge in [0.05, 0.1) is 22.6 Å². The number of aryl methyl sites for hydroxylation is 3. The van der Waals surface area contributed by atoms with E-state index in [0.29, 0.717) is 12.8 Å². The van der Waals surface area contributed by atoms with Gasteiger partial charge in [-0.1, -0.05) is 30.3 Å². The molecular weight excluding hydrogens is 348 g/mol. The van der Waals surface area contributed by atoms with Crippen LogP contribution in [0.5, 0.6) is 0 Å². The summed E-state index contributed by atoms with van der Waals surface area (Å²) in [5.74, 6) is -0.0132. The topological polar surface area (TPSA) is 59.8 Å². The minimum Gasteiger partial charge on any atom is -0.324 e. The molecule has 0 atom stereocenters. The SMILES string of the molecule is Cc1cc(C)n(-c2ccc(CCC(=O)Nc3cccc4cccnc34)cc2)n1. The maximum atomic E-state index is 12.4. The molecule has 5 nitrogen and oxygen atoms in total. The van der Waals surface area contributed by atoms with E-state index in [1.165, 1.54) is 0 Å². The Balaban J connectivity index is 1.40. The lowest BCUT2D eigenvalue weighted by Crippen LogP contribution is -2.12. The van der Waals surface area contributed by atoms with Gasteiger partial charge in [-0.25, -0.2) is 4.68 Å². The molecule has 0 bridgehead atoms. The molecule has 0 spiro atoms. The van der Waals surface area contributed by atoms with Crippen LogP contribution in [0.4, 0.5) is 5.69 Å². The fraction of sp³-hybridized carbons (Fsp3) is 0.174. The quantitative estimate of drug-likeness (QED) is 0.558. The number of rotatable bonds is 5. The molecule has 5 heteroatoms. The summed E-state index contributed by atoms with van der Waals surface area (Å²) in [6.45, 7) is 4.03. The highest BCUT2D eigenvalue weighted by Crippen LogP contribution is 2.21. The van der Waals surface area contributed by atoms with Gasteiger partial charge in [0, 0.05) is 23.7 Å². The summed E-state index contributed by atoms with van der Waals surface area (Å²) in [5.41, 5.74) is 5.82. The molecule has 0 saturated heterocycles. The van der Waals surface area contributed by atoms with E-state index in [2.05, 4.69) is 33.6 Å². The first kappa shape index (κ1) is 17.9. The van der Waals surface area contributed by atoms with E-state index in [1.807, 2.05) is 61.0 Å². The molecule has 2 aromatic carbocycles. The second-order valence-corrected chi connectivity index (χ2v) is 6.93. The van der Waals surface area contributed by atoms with Crippen molar-refractivity contribution in [2.75, 3.05) is 5.32 Å². The summed E-state index contributed by atoms with van der Waals surface area (Å²) in [7, 11) is 0. The molecule has 1 N–H and O–H groups in total. The number of hydrogen-bond donors (Lipinski definition) is 1. The van der Waals surface area contributed by atoms with Crippen molar-refractivity contribution in [2.24, 2.45) is 0 Å². The van der Waals surface area contributed by atoms with E-state index in [1.54, 1.807) is 6.20 Å². The maximum Gasteiger partial charge on any atom is 0.224 e. The Bertz CT molecular complexity index is 1120. The molecule has 0 unspecified atom stereocenters. The van der Waals surface area contributed by atoms with Gasteiger partial charge in [0.25, 0.3) is 0 Å². The molecule has 0 saturated carbocycles. The smallest absolute Gasteiger partial charge is 0.224 e. The standard InChI is InChI=1S/C23H22N4O/c1-16-15-17(2)27(26-16)20-11-8-18(9-12-20)10-13-22(28)25-21-7-3-5-19-6-4-14-24-23(19)21/h3-9,11-12,14-15H,10,13H2,1-2H3,(H,25,28). The molecule has 0 radical (unpaired) electrons. The average Bonchev–Trinajstić information content (AvgIpc) is 3.05. The van der Waals surface area contributed by atoms with E-state index in [4.69, 9.17) is 0 Å². The molecule has 0 aliphatic heterocycles. The lowest BCUT2D eigenvalue weighted by Gasteiger charge is -2.09. The Morgan fingerprint density at radius 3 is 2.57 bits per heavy atom. The first-order valence-electron chi connectivity index (χ1n) is 9.36. The van der Waals surface area contributed by atoms with Gasteiger partial charge < -0.3 is 5.32 Å². The van der Waals surface area contributed by atoms with Crippen LogP contribution >= 0.6 is 0 Å². The zero-order valence-corrected chi connectivity index (χ0v) is 16.0. The molecule has 4 rings (SSSR count). The third-order valence-electron chi connectivity index (χ3n) is 4.74. The van der Waals surface area contributed by atoms with Crippen molar-refractivity contribution in [2.45, 2.75) is 26.7 Å². The highest BCUT2D eigenvalue weighted by Gasteiger charge is 2.08. The van der Waals surface area contributed by atoms with Crippen LogP contribution in [-0.4, -0.2) is 20.7 Å². The maximum absolute atomic E-state index is 12.4. The number of pyridine rings is 1. The fourth-order valence-corrected chi connectivity index (χ4v) is 3.37. The summed E-state index contributed by atoms with van der Waals surface area (Å²) in [4.78, 5) is 16.8. The van der Waals surface area contributed by atoms with Crippen molar-refractivity contribution in [1.82, 2.24) is 14.8 Å². The predicted octanol–water partition coefficient (Wildman–Crippen LogP) is 4.61. The van der Waals surface area contributed by atoms with Crippen LogP contribution in [0.15, 0.2) is 66.9 Å². The Morgan fingerprint density at radius 1 is 1.04 bits per heavy atom. The molecule has 2 heterocycles. The van der Waals surface area contributed by atoms with Crippen LogP contribution in [-0.2, 0) is 11.2 Å². The second kappa shape index (κ2) is 7.64. The van der Waals surface area contributed by atoms with Crippen molar-refractivity contribution < 1.29 is 4.79 Å². The number of nitrogens with one attached hydrogen (secondary N) is 1. The van der Waals surface area contributed by atoms with Gasteiger partial charge in [0.1, 0.15) is 0 Å². The Labute approximate surface area is 164 Å². The van der Waals surface area contributed by atoms with Crippen LogP contribution in [0, 0.1) is 13.8 Å². The van der Waals surface area contributed by atoms with Crippen molar-refractivity contribution in [3.05, 3.63) is 83.8 Å². The largest absolute Gasteiger partial charge is 0.324 e. The number of carbonyl (C=O) groups is 1. The molecule has 2 aromatic heterocycles. The number of aromatic nitrogens is 3. The zero-order valence-electron chi connectivity index (χ0n) is 16.0. The molecule has 28 heavy (non-hydrogen) atoms. The molecule has 0 aliphatic carbocycles. The number of nitrogens with zero attached hydrogens (tertiary/aromatic N) is 3. The van der Waals surface area contributed by atoms with Gasteiger partial charge in [0.2, 0.25) is 5.91 Å². The van der Waals surface area contributed by atoms with Gasteiger partial charge in [-0.2, -0.15) is 5.10 Å². The van der Waals surface area contributed by atoms with Crippen LogP contribution in [0.2, 0.25) is 0 Å². The third-order valence-corrected chi connectivity index (χ3v) is 4.74. The second-order valence-electron chi connectivity index (χ2n) is 6.93. The molecule has 0 fully saturated rings. The summed E-state index contributed by atoms with van der Waals surface area (Å²) < 4.78 is 1.93. The van der Waals surface area contributed by atoms with Crippen LogP contribution in [0.25, 0.3) is 16.6 Å². The summed E-state index contributed by atoms with van der Waals surface area (Å²) in [6, 6.07) is 19.9. The number of benzene rings is 2. The van der Waals surface area contributed by atoms with E-state index in [9.17, 15) is 4.79 Å². The van der Waals surface area contributed by atoms with Gasteiger partial charge in [0.15, 0.2) is 0 Å². The first-order valence-corrected chi connectivity index (χ1v) is 9.36. The number of fused-ring (bicyclic) bond motifs is 1. The van der Waals surface area contributed by atoms with Gasteiger partial charge in [-0.15, -0.1) is 0 Å². The van der Waals surface area contributed by atoms with E-state index >= 15 is 0 Å². The number of carbonyl (C=O) groups excluding carboxylic acids is 1. The minimum atomic E-state index is -0.0132. The monoisotopic (exact) mass is 370 g/mol. The molecule has 0 aliphatic rings. The highest BCUT2D eigenvalue weighted by atomic mass is 16.1. The lowest BCUT2D eigenvalue weighted by molar-refractivity contribution is -0.116. The normalized spacial score (nSPS) is 10.9. The number of hydrogen-bond acceptors (Lipinski definition) is 3. The van der Waals surface area contributed by atoms with Crippen molar-refractivity contribution in [3.63, 3.8) is 0 Å².